The molecule has 0 radical (unpaired) electrons. The highest BCUT2D eigenvalue weighted by atomic mass is 79.9. The van der Waals surface area contributed by atoms with Gasteiger partial charge < -0.3 is 10.2 Å². The number of nitrogens with one attached hydrogen (secondary N) is 1. The van der Waals surface area contributed by atoms with E-state index in [0.717, 1.165) is 35.8 Å². The molecule has 1 aromatic carbocycles. The van der Waals surface area contributed by atoms with E-state index in [-0.39, 0.29) is 17.9 Å². The van der Waals surface area contributed by atoms with E-state index in [0.29, 0.717) is 12.1 Å². The van der Waals surface area contributed by atoms with Crippen molar-refractivity contribution in [2.75, 3.05) is 18.0 Å². The second-order valence-corrected chi connectivity index (χ2v) is 5.99. The largest absolute Gasteiger partial charge is 0.365 e. The first-order chi connectivity index (χ1) is 9.20. The number of nitrogens with zero attached hydrogens (tertiary/aromatic N) is 1. The third-order valence-corrected chi connectivity index (χ3v) is 4.52. The molecule has 19 heavy (non-hydrogen) atoms. The van der Waals surface area contributed by atoms with Crippen molar-refractivity contribution in [2.24, 2.45) is 5.92 Å². The number of carbonyl (C=O) groups excluding carboxylic acids is 2. The van der Waals surface area contributed by atoms with Crippen LogP contribution in [0.3, 0.4) is 0 Å². The summed E-state index contributed by atoms with van der Waals surface area (Å²) < 4.78 is 0.896. The maximum atomic E-state index is 11.8. The normalized spacial score (nSPS) is 25.9. The van der Waals surface area contributed by atoms with E-state index in [2.05, 4.69) is 26.1 Å². The summed E-state index contributed by atoms with van der Waals surface area (Å²) in [5.41, 5.74) is 1.61. The molecular weight excluding hydrogens is 308 g/mol. The Morgan fingerprint density at radius 3 is 3.05 bits per heavy atom. The fourth-order valence-electron chi connectivity index (χ4n) is 3.13. The van der Waals surface area contributed by atoms with E-state index in [1.807, 2.05) is 18.2 Å². The van der Waals surface area contributed by atoms with Crippen LogP contribution in [0.4, 0.5) is 5.69 Å². The first-order valence-corrected chi connectivity index (χ1v) is 7.29. The first-order valence-electron chi connectivity index (χ1n) is 6.50. The van der Waals surface area contributed by atoms with E-state index < -0.39 is 0 Å². The molecule has 0 spiro atoms. The van der Waals surface area contributed by atoms with Gasteiger partial charge >= 0.3 is 0 Å². The number of fused-ring (bicyclic) bond motifs is 1. The van der Waals surface area contributed by atoms with Crippen LogP contribution in [0.25, 0.3) is 0 Å². The van der Waals surface area contributed by atoms with E-state index in [1.165, 1.54) is 0 Å². The highest BCUT2D eigenvalue weighted by Crippen LogP contribution is 2.33. The van der Waals surface area contributed by atoms with Gasteiger partial charge in [-0.2, -0.15) is 0 Å². The van der Waals surface area contributed by atoms with E-state index in [1.54, 1.807) is 0 Å². The Morgan fingerprint density at radius 2 is 2.26 bits per heavy atom. The second kappa shape index (κ2) is 4.96. The van der Waals surface area contributed by atoms with Crippen molar-refractivity contribution < 1.29 is 9.59 Å². The SMILES string of the molecule is O=Cc1cc(Br)ccc1N1CCCC2C(=O)NCC21. The Kier molecular flexibility index (Phi) is 3.31. The molecule has 1 aromatic rings. The van der Waals surface area contributed by atoms with Gasteiger partial charge in [-0.15, -0.1) is 0 Å². The Bertz CT molecular complexity index is 532. The van der Waals surface area contributed by atoms with Crippen molar-refractivity contribution in [1.82, 2.24) is 5.32 Å². The molecule has 2 saturated heterocycles. The average Bonchev–Trinajstić information content (AvgIpc) is 2.81. The number of halogens is 1. The Labute approximate surface area is 120 Å². The highest BCUT2D eigenvalue weighted by Gasteiger charge is 2.41. The Balaban J connectivity index is 1.97. The molecule has 0 bridgehead atoms. The van der Waals surface area contributed by atoms with Gasteiger partial charge in [0.2, 0.25) is 5.91 Å². The van der Waals surface area contributed by atoms with Crippen LogP contribution in [0.15, 0.2) is 22.7 Å². The predicted molar refractivity (Wildman–Crippen MR) is 76.4 cm³/mol. The third kappa shape index (κ3) is 2.16. The van der Waals surface area contributed by atoms with Gasteiger partial charge in [0.25, 0.3) is 0 Å². The summed E-state index contributed by atoms with van der Waals surface area (Å²) in [6.45, 7) is 1.58. The Morgan fingerprint density at radius 1 is 1.42 bits per heavy atom. The van der Waals surface area contributed by atoms with Crippen molar-refractivity contribution in [3.8, 4) is 0 Å². The number of aldehydes is 1. The number of anilines is 1. The number of benzene rings is 1. The van der Waals surface area contributed by atoms with Gasteiger partial charge in [-0.1, -0.05) is 15.9 Å². The minimum Gasteiger partial charge on any atom is -0.365 e. The zero-order valence-electron chi connectivity index (χ0n) is 10.4. The maximum absolute atomic E-state index is 11.8. The minimum atomic E-state index is 0.0666. The molecule has 0 aliphatic carbocycles. The van der Waals surface area contributed by atoms with Crippen LogP contribution in [0.1, 0.15) is 23.2 Å². The van der Waals surface area contributed by atoms with Crippen molar-refractivity contribution in [1.29, 1.82) is 0 Å². The van der Waals surface area contributed by atoms with E-state index >= 15 is 0 Å². The topological polar surface area (TPSA) is 49.4 Å². The molecule has 2 fully saturated rings. The smallest absolute Gasteiger partial charge is 0.225 e. The zero-order chi connectivity index (χ0) is 13.4. The number of hydrogen-bond donors (Lipinski definition) is 1. The summed E-state index contributed by atoms with van der Waals surface area (Å²) in [5.74, 6) is 0.219. The molecule has 2 aliphatic heterocycles. The van der Waals surface area contributed by atoms with Crippen LogP contribution >= 0.6 is 15.9 Å². The highest BCUT2D eigenvalue weighted by molar-refractivity contribution is 9.10. The van der Waals surface area contributed by atoms with E-state index in [4.69, 9.17) is 0 Å². The summed E-state index contributed by atoms with van der Waals surface area (Å²) in [4.78, 5) is 25.2. The zero-order valence-corrected chi connectivity index (χ0v) is 12.0. The van der Waals surface area contributed by atoms with Gasteiger partial charge in [-0.05, 0) is 31.0 Å². The van der Waals surface area contributed by atoms with Gasteiger partial charge in [-0.25, -0.2) is 0 Å². The number of rotatable bonds is 2. The van der Waals surface area contributed by atoms with Gasteiger partial charge in [0.15, 0.2) is 6.29 Å². The molecule has 5 heteroatoms. The minimum absolute atomic E-state index is 0.0666. The van der Waals surface area contributed by atoms with Gasteiger partial charge in [0.1, 0.15) is 0 Å². The molecule has 2 heterocycles. The Hall–Kier alpha value is -1.36. The van der Waals surface area contributed by atoms with Crippen molar-refractivity contribution in [2.45, 2.75) is 18.9 Å². The second-order valence-electron chi connectivity index (χ2n) is 5.08. The molecular formula is C14H15BrN2O2. The lowest BCUT2D eigenvalue weighted by molar-refractivity contribution is -0.122. The van der Waals surface area contributed by atoms with Crippen LogP contribution < -0.4 is 10.2 Å². The molecule has 100 valence electrons. The van der Waals surface area contributed by atoms with Crippen molar-refractivity contribution in [3.05, 3.63) is 28.2 Å². The van der Waals surface area contributed by atoms with Gasteiger partial charge in [0.05, 0.1) is 12.0 Å². The number of hydrogen-bond acceptors (Lipinski definition) is 3. The molecule has 1 amide bonds. The molecule has 0 aromatic heterocycles. The van der Waals surface area contributed by atoms with Crippen LogP contribution in [-0.2, 0) is 4.79 Å². The van der Waals surface area contributed by atoms with Crippen LogP contribution in [-0.4, -0.2) is 31.3 Å². The third-order valence-electron chi connectivity index (χ3n) is 4.03. The number of piperidine rings is 1. The average molecular weight is 323 g/mol. The predicted octanol–water partition coefficient (Wildman–Crippen LogP) is 1.98. The lowest BCUT2D eigenvalue weighted by Crippen LogP contribution is -2.46. The lowest BCUT2D eigenvalue weighted by atomic mass is 9.90. The van der Waals surface area contributed by atoms with Crippen LogP contribution in [0.2, 0.25) is 0 Å². The van der Waals surface area contributed by atoms with Crippen LogP contribution in [0, 0.1) is 5.92 Å². The van der Waals surface area contributed by atoms with Crippen molar-refractivity contribution >= 4 is 33.8 Å². The summed E-state index contributed by atoms with van der Waals surface area (Å²) in [6, 6.07) is 5.91. The first kappa shape index (κ1) is 12.7. The molecule has 2 aliphatic rings. The van der Waals surface area contributed by atoms with E-state index in [9.17, 15) is 9.59 Å². The summed E-state index contributed by atoms with van der Waals surface area (Å²) >= 11 is 3.38. The summed E-state index contributed by atoms with van der Waals surface area (Å²) in [6.07, 6.45) is 2.82. The molecule has 2 unspecified atom stereocenters. The monoisotopic (exact) mass is 322 g/mol. The fraction of sp³-hybridized carbons (Fsp3) is 0.429. The van der Waals surface area contributed by atoms with Crippen molar-refractivity contribution in [3.63, 3.8) is 0 Å². The standard InChI is InChI=1S/C14H15BrN2O2/c15-10-3-4-12(9(6-10)8-18)17-5-1-2-11-13(17)7-16-14(11)19/h3-4,6,8,11,13H,1-2,5,7H2,(H,16,19). The number of amides is 1. The molecule has 1 N–H and O–H groups in total. The summed E-state index contributed by atoms with van der Waals surface area (Å²) in [5, 5.41) is 2.93. The van der Waals surface area contributed by atoms with Gasteiger partial charge in [0, 0.05) is 28.8 Å². The molecule has 3 rings (SSSR count). The van der Waals surface area contributed by atoms with Gasteiger partial charge in [-0.3, -0.25) is 9.59 Å². The molecule has 2 atom stereocenters. The molecule has 0 saturated carbocycles. The van der Waals surface area contributed by atoms with Crippen LogP contribution in [0.5, 0.6) is 0 Å². The quantitative estimate of drug-likeness (QED) is 0.847. The lowest BCUT2D eigenvalue weighted by Gasteiger charge is -2.38. The summed E-state index contributed by atoms with van der Waals surface area (Å²) in [7, 11) is 0. The number of carbonyl (C=O) groups is 2. The fourth-order valence-corrected chi connectivity index (χ4v) is 3.51. The maximum Gasteiger partial charge on any atom is 0.225 e. The molecule has 4 nitrogen and oxygen atoms in total.